The molecule has 0 atom stereocenters. The number of carbonyl (C=O) groups excluding carboxylic acids is 1. The molecule has 0 aromatic heterocycles. The average molecular weight is 595 g/mol. The number of hydrogen-bond acceptors (Lipinski definition) is 7. The lowest BCUT2D eigenvalue weighted by atomic mass is 10.1. The Bertz CT molecular complexity index is 1810. The van der Waals surface area contributed by atoms with Gasteiger partial charge in [0.05, 0.1) is 14.7 Å². The molecule has 0 aliphatic heterocycles. The molecule has 0 fully saturated rings. The Morgan fingerprint density at radius 3 is 2.02 bits per heavy atom. The Hall–Kier alpha value is -4.75. The van der Waals surface area contributed by atoms with Gasteiger partial charge in [-0.05, 0) is 79.6 Å². The highest BCUT2D eigenvalue weighted by Crippen LogP contribution is 2.32. The molecule has 0 spiro atoms. The summed E-state index contributed by atoms with van der Waals surface area (Å²) in [5.74, 6) is -0.800. The molecule has 11 nitrogen and oxygen atoms in total. The van der Waals surface area contributed by atoms with Crippen LogP contribution in [0.3, 0.4) is 0 Å². The van der Waals surface area contributed by atoms with Crippen LogP contribution in [0.2, 0.25) is 0 Å². The van der Waals surface area contributed by atoms with Crippen LogP contribution in [0.25, 0.3) is 0 Å². The molecule has 0 bridgehead atoms. The monoisotopic (exact) mass is 594 g/mol. The predicted molar refractivity (Wildman–Crippen MR) is 156 cm³/mol. The normalized spacial score (nSPS) is 11.5. The summed E-state index contributed by atoms with van der Waals surface area (Å²) in [5.41, 5.74) is 1.76. The molecule has 2 N–H and O–H groups in total. The number of benzene rings is 4. The van der Waals surface area contributed by atoms with Gasteiger partial charge >= 0.3 is 0 Å². The Kier molecular flexibility index (Phi) is 8.40. The maximum atomic E-state index is 13.5. The lowest BCUT2D eigenvalue weighted by Crippen LogP contribution is -2.38. The third kappa shape index (κ3) is 6.70. The Balaban J connectivity index is 1.57. The van der Waals surface area contributed by atoms with Crippen LogP contribution in [0.1, 0.15) is 11.1 Å². The quantitative estimate of drug-likeness (QED) is 0.196. The highest BCUT2D eigenvalue weighted by Gasteiger charge is 2.32. The van der Waals surface area contributed by atoms with E-state index in [4.69, 9.17) is 0 Å². The smallest absolute Gasteiger partial charge is 0.293 e. The van der Waals surface area contributed by atoms with Crippen molar-refractivity contribution in [2.45, 2.75) is 23.6 Å². The van der Waals surface area contributed by atoms with Gasteiger partial charge in [-0.25, -0.2) is 21.1 Å². The number of sulfonamides is 2. The van der Waals surface area contributed by atoms with Crippen molar-refractivity contribution in [2.24, 2.45) is 0 Å². The van der Waals surface area contributed by atoms with Gasteiger partial charge in [-0.3, -0.25) is 19.6 Å². The molecule has 0 radical (unpaired) electrons. The molecule has 13 heteroatoms. The number of nitrogens with one attached hydrogen (secondary N) is 2. The first kappa shape index (κ1) is 29.2. The summed E-state index contributed by atoms with van der Waals surface area (Å²) in [6.07, 6.45) is 0. The van der Waals surface area contributed by atoms with Gasteiger partial charge in [0.15, 0.2) is 0 Å². The van der Waals surface area contributed by atoms with Crippen LogP contribution in [0, 0.1) is 24.0 Å². The van der Waals surface area contributed by atoms with Crippen molar-refractivity contribution < 1.29 is 26.6 Å². The molecule has 0 heterocycles. The highest BCUT2D eigenvalue weighted by molar-refractivity contribution is 7.93. The van der Waals surface area contributed by atoms with E-state index in [0.29, 0.717) is 9.99 Å². The molecule has 212 valence electrons. The van der Waals surface area contributed by atoms with E-state index in [-0.39, 0.29) is 21.2 Å². The van der Waals surface area contributed by atoms with Crippen LogP contribution in [0.5, 0.6) is 0 Å². The van der Waals surface area contributed by atoms with Crippen LogP contribution in [0.15, 0.2) is 107 Å². The zero-order chi connectivity index (χ0) is 29.8. The van der Waals surface area contributed by atoms with Crippen LogP contribution >= 0.6 is 0 Å². The van der Waals surface area contributed by atoms with E-state index in [1.165, 1.54) is 66.7 Å². The molecule has 0 aliphatic carbocycles. The maximum Gasteiger partial charge on any atom is 0.293 e. The Morgan fingerprint density at radius 1 is 0.780 bits per heavy atom. The standard InChI is InChI=1S/C28H26N4O7S2/c1-20-12-13-23(18-21(20)2)30-40(36,37)24-16-14-22(15-17-24)29-28(33)19-31(26-10-6-7-11-27(26)32(34)35)41(38,39)25-8-4-3-5-9-25/h3-18,30H,19H2,1-2H3,(H,29,33). The molecule has 0 aliphatic rings. The summed E-state index contributed by atoms with van der Waals surface area (Å²) in [6.45, 7) is 3.00. The second-order valence-corrected chi connectivity index (χ2v) is 12.6. The molecule has 1 amide bonds. The minimum atomic E-state index is -4.38. The Morgan fingerprint density at radius 2 is 1.39 bits per heavy atom. The van der Waals surface area contributed by atoms with Gasteiger partial charge in [0.25, 0.3) is 25.7 Å². The minimum absolute atomic E-state index is 0.0538. The summed E-state index contributed by atoms with van der Waals surface area (Å²) in [7, 11) is -8.30. The summed E-state index contributed by atoms with van der Waals surface area (Å²) in [4.78, 5) is 23.7. The number of rotatable bonds is 10. The van der Waals surface area contributed by atoms with Gasteiger partial charge in [-0.2, -0.15) is 0 Å². The number of carbonyl (C=O) groups is 1. The van der Waals surface area contributed by atoms with E-state index >= 15 is 0 Å². The van der Waals surface area contributed by atoms with Crippen LogP contribution in [-0.2, 0) is 24.8 Å². The zero-order valence-corrected chi connectivity index (χ0v) is 23.6. The highest BCUT2D eigenvalue weighted by atomic mass is 32.2. The molecule has 41 heavy (non-hydrogen) atoms. The molecule has 0 unspecified atom stereocenters. The first-order chi connectivity index (χ1) is 19.4. The number of anilines is 3. The van der Waals surface area contributed by atoms with Crippen molar-refractivity contribution in [3.63, 3.8) is 0 Å². The topological polar surface area (TPSA) is 156 Å². The molecule has 4 rings (SSSR count). The van der Waals surface area contributed by atoms with Gasteiger partial charge in [-0.15, -0.1) is 0 Å². The van der Waals surface area contributed by atoms with Gasteiger partial charge < -0.3 is 5.32 Å². The summed E-state index contributed by atoms with van der Waals surface area (Å²) in [6, 6.07) is 22.9. The second-order valence-electron chi connectivity index (χ2n) is 9.05. The summed E-state index contributed by atoms with van der Waals surface area (Å²) < 4.78 is 55.8. The fraction of sp³-hybridized carbons (Fsp3) is 0.107. The van der Waals surface area contributed by atoms with E-state index < -0.39 is 43.1 Å². The van der Waals surface area contributed by atoms with Crippen molar-refractivity contribution in [3.8, 4) is 0 Å². The fourth-order valence-corrected chi connectivity index (χ4v) is 6.42. The van der Waals surface area contributed by atoms with Gasteiger partial charge in [-0.1, -0.05) is 36.4 Å². The molecule has 0 saturated carbocycles. The molecular weight excluding hydrogens is 568 g/mol. The first-order valence-electron chi connectivity index (χ1n) is 12.2. The third-order valence-electron chi connectivity index (χ3n) is 6.17. The van der Waals surface area contributed by atoms with Crippen LogP contribution < -0.4 is 14.3 Å². The van der Waals surface area contributed by atoms with Crippen LogP contribution in [0.4, 0.5) is 22.7 Å². The zero-order valence-electron chi connectivity index (χ0n) is 22.0. The number of nitrogens with zero attached hydrogens (tertiary/aromatic N) is 2. The Labute approximate surface area is 237 Å². The molecule has 0 saturated heterocycles. The number of hydrogen-bond donors (Lipinski definition) is 2. The fourth-order valence-electron chi connectivity index (χ4n) is 3.92. The number of para-hydroxylation sites is 2. The molecular formula is C28H26N4O7S2. The van der Waals surface area contributed by atoms with E-state index in [1.807, 2.05) is 13.8 Å². The van der Waals surface area contributed by atoms with Crippen molar-refractivity contribution >= 4 is 48.7 Å². The maximum absolute atomic E-state index is 13.5. The predicted octanol–water partition coefficient (Wildman–Crippen LogP) is 4.85. The van der Waals surface area contributed by atoms with Crippen molar-refractivity contribution in [1.82, 2.24) is 0 Å². The third-order valence-corrected chi connectivity index (χ3v) is 9.34. The number of nitro groups is 1. The van der Waals surface area contributed by atoms with Crippen molar-refractivity contribution in [1.29, 1.82) is 0 Å². The van der Waals surface area contributed by atoms with E-state index in [0.717, 1.165) is 17.2 Å². The number of nitro benzene ring substituents is 1. The van der Waals surface area contributed by atoms with Gasteiger partial charge in [0, 0.05) is 17.4 Å². The van der Waals surface area contributed by atoms with Gasteiger partial charge in [0.1, 0.15) is 12.2 Å². The van der Waals surface area contributed by atoms with E-state index in [1.54, 1.807) is 24.3 Å². The lowest BCUT2D eigenvalue weighted by molar-refractivity contribution is -0.384. The van der Waals surface area contributed by atoms with E-state index in [9.17, 15) is 31.7 Å². The summed E-state index contributed by atoms with van der Waals surface area (Å²) in [5, 5.41) is 14.2. The van der Waals surface area contributed by atoms with Gasteiger partial charge in [0.2, 0.25) is 5.91 Å². The van der Waals surface area contributed by atoms with Crippen LogP contribution in [-0.4, -0.2) is 34.2 Å². The van der Waals surface area contributed by atoms with E-state index in [2.05, 4.69) is 10.0 Å². The number of amides is 1. The largest absolute Gasteiger partial charge is 0.325 e. The first-order valence-corrected chi connectivity index (χ1v) is 15.1. The van der Waals surface area contributed by atoms with Crippen molar-refractivity contribution in [2.75, 3.05) is 20.9 Å². The average Bonchev–Trinajstić information content (AvgIpc) is 2.94. The number of aryl methyl sites for hydroxylation is 2. The second kappa shape index (κ2) is 11.8. The molecule has 4 aromatic carbocycles. The van der Waals surface area contributed by atoms with Crippen molar-refractivity contribution in [3.05, 3.63) is 118 Å². The lowest BCUT2D eigenvalue weighted by Gasteiger charge is -2.23. The minimum Gasteiger partial charge on any atom is -0.325 e. The molecule has 4 aromatic rings. The summed E-state index contributed by atoms with van der Waals surface area (Å²) >= 11 is 0. The SMILES string of the molecule is Cc1ccc(NS(=O)(=O)c2ccc(NC(=O)CN(c3ccccc3[N+](=O)[O-])S(=O)(=O)c3ccccc3)cc2)cc1C.